The quantitative estimate of drug-likeness (QED) is 0.797. The average Bonchev–Trinajstić information content (AvgIpc) is 2.88. The summed E-state index contributed by atoms with van der Waals surface area (Å²) in [6.45, 7) is 2.71. The molecule has 1 fully saturated rings. The van der Waals surface area contributed by atoms with E-state index in [0.29, 0.717) is 23.0 Å². The van der Waals surface area contributed by atoms with Crippen LogP contribution in [-0.4, -0.2) is 24.2 Å². The number of amides is 1. The lowest BCUT2D eigenvalue weighted by atomic mass is 10.0. The normalized spacial score (nSPS) is 20.9. The second-order valence-corrected chi connectivity index (χ2v) is 6.82. The van der Waals surface area contributed by atoms with Crippen LogP contribution >= 0.6 is 35.8 Å². The molecule has 0 radical (unpaired) electrons. The number of carbonyl (C=O) groups excluding carboxylic acids is 1. The van der Waals surface area contributed by atoms with Crippen molar-refractivity contribution in [3.63, 3.8) is 0 Å². The zero-order valence-corrected chi connectivity index (χ0v) is 14.5. The highest BCUT2D eigenvalue weighted by atomic mass is 35.5. The van der Waals surface area contributed by atoms with Gasteiger partial charge in [0.15, 0.2) is 0 Å². The third-order valence-corrected chi connectivity index (χ3v) is 4.96. The van der Waals surface area contributed by atoms with Crippen molar-refractivity contribution in [2.24, 2.45) is 11.7 Å². The summed E-state index contributed by atoms with van der Waals surface area (Å²) in [6.07, 6.45) is 3.26. The van der Waals surface area contributed by atoms with E-state index in [1.807, 2.05) is 12.1 Å². The zero-order chi connectivity index (χ0) is 14.5. The maximum Gasteiger partial charge on any atom is 0.252 e. The Balaban J connectivity index is 0.00000220. The van der Waals surface area contributed by atoms with Crippen molar-refractivity contribution < 1.29 is 4.79 Å². The molecule has 0 heterocycles. The number of rotatable bonds is 5. The Bertz CT molecular complexity index is 485. The monoisotopic (exact) mass is 348 g/mol. The maximum absolute atomic E-state index is 12.5. The first-order valence-corrected chi connectivity index (χ1v) is 8.45. The summed E-state index contributed by atoms with van der Waals surface area (Å²) in [6, 6.07) is 5.70. The van der Waals surface area contributed by atoms with Crippen molar-refractivity contribution >= 4 is 41.7 Å². The molecule has 2 unspecified atom stereocenters. The van der Waals surface area contributed by atoms with Crippen LogP contribution < -0.4 is 11.1 Å². The van der Waals surface area contributed by atoms with Gasteiger partial charge in [-0.3, -0.25) is 4.79 Å². The first-order chi connectivity index (χ1) is 9.65. The van der Waals surface area contributed by atoms with E-state index in [0.717, 1.165) is 29.9 Å². The molecule has 0 saturated heterocycles. The molecule has 118 valence electrons. The van der Waals surface area contributed by atoms with Crippen LogP contribution in [0, 0.1) is 5.92 Å². The summed E-state index contributed by atoms with van der Waals surface area (Å²) in [5.74, 6) is 1.30. The minimum Gasteiger partial charge on any atom is -0.349 e. The van der Waals surface area contributed by atoms with Gasteiger partial charge >= 0.3 is 0 Å². The summed E-state index contributed by atoms with van der Waals surface area (Å²) in [5.41, 5.74) is 6.44. The fourth-order valence-corrected chi connectivity index (χ4v) is 3.67. The van der Waals surface area contributed by atoms with Crippen LogP contribution in [0.5, 0.6) is 0 Å². The summed E-state index contributed by atoms with van der Waals surface area (Å²) in [4.78, 5) is 13.5. The Morgan fingerprint density at radius 3 is 2.90 bits per heavy atom. The van der Waals surface area contributed by atoms with Gasteiger partial charge in [-0.1, -0.05) is 24.9 Å². The predicted molar refractivity (Wildman–Crippen MR) is 92.7 cm³/mol. The van der Waals surface area contributed by atoms with E-state index in [-0.39, 0.29) is 24.4 Å². The molecule has 1 aromatic rings. The predicted octanol–water partition coefficient (Wildman–Crippen LogP) is 3.73. The van der Waals surface area contributed by atoms with Gasteiger partial charge in [0, 0.05) is 16.0 Å². The second kappa shape index (κ2) is 8.89. The number of hydrogen-bond acceptors (Lipinski definition) is 3. The van der Waals surface area contributed by atoms with E-state index in [4.69, 9.17) is 17.3 Å². The van der Waals surface area contributed by atoms with Crippen LogP contribution in [0.1, 0.15) is 36.5 Å². The highest BCUT2D eigenvalue weighted by molar-refractivity contribution is 7.99. The first kappa shape index (κ1) is 18.6. The topological polar surface area (TPSA) is 55.1 Å². The van der Waals surface area contributed by atoms with Crippen LogP contribution in [0.25, 0.3) is 0 Å². The smallest absolute Gasteiger partial charge is 0.252 e. The number of carbonyl (C=O) groups is 1. The summed E-state index contributed by atoms with van der Waals surface area (Å²) < 4.78 is 0. The number of thioether (sulfide) groups is 1. The Labute approximate surface area is 141 Å². The minimum atomic E-state index is -0.0335. The highest BCUT2D eigenvalue weighted by Crippen LogP contribution is 2.28. The first-order valence-electron chi connectivity index (χ1n) is 7.09. The molecule has 0 spiro atoms. The van der Waals surface area contributed by atoms with Crippen LogP contribution in [-0.2, 0) is 0 Å². The van der Waals surface area contributed by atoms with E-state index >= 15 is 0 Å². The molecule has 1 aromatic carbocycles. The van der Waals surface area contributed by atoms with Gasteiger partial charge in [-0.25, -0.2) is 0 Å². The largest absolute Gasteiger partial charge is 0.349 e. The van der Waals surface area contributed by atoms with E-state index in [9.17, 15) is 4.79 Å². The molecule has 21 heavy (non-hydrogen) atoms. The van der Waals surface area contributed by atoms with E-state index in [1.165, 1.54) is 0 Å². The second-order valence-electron chi connectivity index (χ2n) is 5.08. The van der Waals surface area contributed by atoms with Crippen molar-refractivity contribution in [1.29, 1.82) is 0 Å². The van der Waals surface area contributed by atoms with Gasteiger partial charge in [-0.15, -0.1) is 24.2 Å². The van der Waals surface area contributed by atoms with Crippen LogP contribution in [0.15, 0.2) is 23.1 Å². The molecule has 0 aromatic heterocycles. The zero-order valence-electron chi connectivity index (χ0n) is 12.1. The van der Waals surface area contributed by atoms with Crippen molar-refractivity contribution in [1.82, 2.24) is 5.32 Å². The van der Waals surface area contributed by atoms with Crippen LogP contribution in [0.3, 0.4) is 0 Å². The van der Waals surface area contributed by atoms with Crippen molar-refractivity contribution in [3.05, 3.63) is 28.8 Å². The maximum atomic E-state index is 12.5. The van der Waals surface area contributed by atoms with Gasteiger partial charge in [-0.05, 0) is 49.3 Å². The number of halogens is 2. The Morgan fingerprint density at radius 2 is 2.24 bits per heavy atom. The standard InChI is InChI=1S/C15H21ClN2OS.ClH/c1-2-20-14-7-6-11(16)8-12(14)15(19)18-13-5-3-4-10(13)9-17;/h6-8,10,13H,2-5,9,17H2,1H3,(H,18,19);1H. The lowest BCUT2D eigenvalue weighted by molar-refractivity contribution is 0.0926. The SMILES string of the molecule is CCSc1ccc(Cl)cc1C(=O)NC1CCCC1CN.Cl. The van der Waals surface area contributed by atoms with Crippen molar-refractivity contribution in [2.75, 3.05) is 12.3 Å². The number of nitrogens with two attached hydrogens (primary N) is 1. The number of benzene rings is 1. The van der Waals surface area contributed by atoms with E-state index in [1.54, 1.807) is 17.8 Å². The number of nitrogens with one attached hydrogen (secondary N) is 1. The molecule has 1 amide bonds. The van der Waals surface area contributed by atoms with Crippen LogP contribution in [0.4, 0.5) is 0 Å². The van der Waals surface area contributed by atoms with Gasteiger partial charge in [0.1, 0.15) is 0 Å². The Kier molecular flexibility index (Phi) is 7.88. The molecule has 3 N–H and O–H groups in total. The van der Waals surface area contributed by atoms with Gasteiger partial charge in [0.05, 0.1) is 5.56 Å². The molecule has 1 aliphatic rings. The van der Waals surface area contributed by atoms with Gasteiger partial charge in [-0.2, -0.15) is 0 Å². The lowest BCUT2D eigenvalue weighted by Gasteiger charge is -2.20. The van der Waals surface area contributed by atoms with Crippen molar-refractivity contribution in [3.8, 4) is 0 Å². The average molecular weight is 349 g/mol. The molecule has 2 atom stereocenters. The van der Waals surface area contributed by atoms with Gasteiger partial charge in [0.25, 0.3) is 5.91 Å². The molecule has 1 aliphatic carbocycles. The summed E-state index contributed by atoms with van der Waals surface area (Å²) in [7, 11) is 0. The van der Waals surface area contributed by atoms with Crippen molar-refractivity contribution in [2.45, 2.75) is 37.1 Å². The molecule has 0 aliphatic heterocycles. The fraction of sp³-hybridized carbons (Fsp3) is 0.533. The van der Waals surface area contributed by atoms with Crippen LogP contribution in [0.2, 0.25) is 5.02 Å². The Morgan fingerprint density at radius 1 is 1.48 bits per heavy atom. The highest BCUT2D eigenvalue weighted by Gasteiger charge is 2.28. The van der Waals surface area contributed by atoms with Gasteiger partial charge < -0.3 is 11.1 Å². The molecular formula is C15H22Cl2N2OS. The summed E-state index contributed by atoms with van der Waals surface area (Å²) in [5, 5.41) is 3.73. The fourth-order valence-electron chi connectivity index (χ4n) is 2.72. The third-order valence-electron chi connectivity index (χ3n) is 3.76. The molecule has 1 saturated carbocycles. The molecule has 0 bridgehead atoms. The summed E-state index contributed by atoms with van der Waals surface area (Å²) >= 11 is 7.68. The van der Waals surface area contributed by atoms with Gasteiger partial charge in [0.2, 0.25) is 0 Å². The van der Waals surface area contributed by atoms with E-state index in [2.05, 4.69) is 12.2 Å². The number of hydrogen-bond donors (Lipinski definition) is 2. The van der Waals surface area contributed by atoms with E-state index < -0.39 is 0 Å². The molecule has 3 nitrogen and oxygen atoms in total. The lowest BCUT2D eigenvalue weighted by Crippen LogP contribution is -2.40. The molecule has 6 heteroatoms. The minimum absolute atomic E-state index is 0. The Hall–Kier alpha value is -0.420. The molecule has 2 rings (SSSR count). The third kappa shape index (κ3) is 4.78. The molecular weight excluding hydrogens is 327 g/mol.